The summed E-state index contributed by atoms with van der Waals surface area (Å²) >= 11 is 1.23. The number of rotatable bonds is 5. The van der Waals surface area contributed by atoms with Crippen LogP contribution in [0.5, 0.6) is 0 Å². The monoisotopic (exact) mass is 400 g/mol. The van der Waals surface area contributed by atoms with E-state index in [1.807, 2.05) is 0 Å². The first-order valence-corrected chi connectivity index (χ1v) is 10.4. The van der Waals surface area contributed by atoms with Gasteiger partial charge in [0.15, 0.2) is 5.13 Å². The van der Waals surface area contributed by atoms with Crippen LogP contribution in [0.25, 0.3) is 0 Å². The molecule has 1 fully saturated rings. The van der Waals surface area contributed by atoms with Crippen LogP contribution in [-0.2, 0) is 4.79 Å². The van der Waals surface area contributed by atoms with E-state index in [1.165, 1.54) is 32.9 Å². The first-order chi connectivity index (χ1) is 13.3. The second-order valence-corrected chi connectivity index (χ2v) is 8.67. The highest BCUT2D eigenvalue weighted by molar-refractivity contribution is 7.17. The van der Waals surface area contributed by atoms with Gasteiger partial charge in [-0.25, -0.2) is 4.98 Å². The molecule has 3 rings (SSSR count). The molecule has 1 atom stereocenters. The average molecular weight is 401 g/mol. The molecule has 7 heteroatoms. The number of nitrogens with one attached hydrogen (secondary N) is 1. The van der Waals surface area contributed by atoms with Gasteiger partial charge in [0.05, 0.1) is 12.2 Å². The van der Waals surface area contributed by atoms with Crippen molar-refractivity contribution in [2.45, 2.75) is 39.7 Å². The molecule has 1 aromatic heterocycles. The molecule has 28 heavy (non-hydrogen) atoms. The lowest BCUT2D eigenvalue weighted by Gasteiger charge is -2.25. The van der Waals surface area contributed by atoms with E-state index in [-0.39, 0.29) is 17.9 Å². The van der Waals surface area contributed by atoms with E-state index in [2.05, 4.69) is 47.2 Å². The zero-order valence-corrected chi connectivity index (χ0v) is 18.0. The number of thiazole rings is 1. The van der Waals surface area contributed by atoms with Crippen LogP contribution in [-0.4, -0.2) is 53.8 Å². The highest BCUT2D eigenvalue weighted by atomic mass is 32.1. The van der Waals surface area contributed by atoms with Gasteiger partial charge in [-0.15, -0.1) is 0 Å². The number of aryl methyl sites for hydroxylation is 3. The van der Waals surface area contributed by atoms with Crippen LogP contribution in [0.1, 0.15) is 50.9 Å². The molecule has 6 nitrogen and oxygen atoms in total. The summed E-state index contributed by atoms with van der Waals surface area (Å²) in [4.78, 5) is 33.5. The molecule has 1 aliphatic rings. The predicted molar refractivity (Wildman–Crippen MR) is 113 cm³/mol. The molecular weight excluding hydrogens is 372 g/mol. The summed E-state index contributed by atoms with van der Waals surface area (Å²) in [5.74, 6) is -0.181. The summed E-state index contributed by atoms with van der Waals surface area (Å²) in [5.41, 5.74) is 4.47. The van der Waals surface area contributed by atoms with Crippen LogP contribution >= 0.6 is 11.3 Å². The van der Waals surface area contributed by atoms with Crippen LogP contribution in [0.2, 0.25) is 0 Å². The van der Waals surface area contributed by atoms with E-state index < -0.39 is 0 Å². The molecule has 0 unspecified atom stereocenters. The third-order valence-electron chi connectivity index (χ3n) is 5.15. The van der Waals surface area contributed by atoms with Gasteiger partial charge in [-0.05, 0) is 51.3 Å². The van der Waals surface area contributed by atoms with Crippen molar-refractivity contribution in [3.05, 3.63) is 45.5 Å². The van der Waals surface area contributed by atoms with Gasteiger partial charge in [0.1, 0.15) is 4.88 Å². The highest BCUT2D eigenvalue weighted by Crippen LogP contribution is 2.34. The first-order valence-electron chi connectivity index (χ1n) is 9.56. The summed E-state index contributed by atoms with van der Waals surface area (Å²) < 4.78 is 0. The van der Waals surface area contributed by atoms with E-state index >= 15 is 0 Å². The van der Waals surface area contributed by atoms with Crippen LogP contribution in [0.3, 0.4) is 0 Å². The number of anilines is 1. The fourth-order valence-electron chi connectivity index (χ4n) is 3.68. The largest absolute Gasteiger partial charge is 0.344 e. The van der Waals surface area contributed by atoms with Gasteiger partial charge in [0, 0.05) is 20.1 Å². The number of carbonyl (C=O) groups excluding carboxylic acids is 2. The van der Waals surface area contributed by atoms with Crippen molar-refractivity contribution in [2.24, 2.45) is 0 Å². The van der Waals surface area contributed by atoms with Crippen LogP contribution in [0.4, 0.5) is 5.13 Å². The predicted octanol–water partition coefficient (Wildman–Crippen LogP) is 3.55. The van der Waals surface area contributed by atoms with Crippen LogP contribution < -0.4 is 5.32 Å². The van der Waals surface area contributed by atoms with Crippen molar-refractivity contribution in [2.75, 3.05) is 32.5 Å². The van der Waals surface area contributed by atoms with Gasteiger partial charge in [0.2, 0.25) is 5.91 Å². The van der Waals surface area contributed by atoms with Gasteiger partial charge < -0.3 is 10.2 Å². The summed E-state index contributed by atoms with van der Waals surface area (Å²) in [6.45, 7) is 7.26. The van der Waals surface area contributed by atoms with Crippen molar-refractivity contribution in [1.29, 1.82) is 0 Å². The van der Waals surface area contributed by atoms with Gasteiger partial charge >= 0.3 is 0 Å². The van der Waals surface area contributed by atoms with E-state index in [0.29, 0.717) is 22.2 Å². The smallest absolute Gasteiger partial charge is 0.265 e. The Hall–Kier alpha value is -2.25. The molecule has 2 amide bonds. The quantitative estimate of drug-likeness (QED) is 0.834. The van der Waals surface area contributed by atoms with E-state index in [9.17, 15) is 9.59 Å². The molecular formula is C21H28N4O2S. The standard InChI is InChI=1S/C21H28N4O2S/c1-13-8-9-14(2)16(11-13)17-7-6-10-25(17)12-18(26)23-21-22-15(3)19(28-21)20(27)24(4)5/h8-9,11,17H,6-7,10,12H2,1-5H3,(H,22,23,26)/t17-/m1/s1. The topological polar surface area (TPSA) is 65.5 Å². The van der Waals surface area contributed by atoms with E-state index in [4.69, 9.17) is 0 Å². The molecule has 0 bridgehead atoms. The second kappa shape index (κ2) is 8.41. The van der Waals surface area contributed by atoms with Crippen molar-refractivity contribution in [1.82, 2.24) is 14.8 Å². The Morgan fingerprint density at radius 1 is 1.29 bits per heavy atom. The number of benzene rings is 1. The number of aromatic nitrogens is 1. The third kappa shape index (κ3) is 4.42. The molecule has 2 aromatic rings. The molecule has 150 valence electrons. The third-order valence-corrected chi connectivity index (χ3v) is 6.21. The zero-order chi connectivity index (χ0) is 20.4. The summed E-state index contributed by atoms with van der Waals surface area (Å²) in [6, 6.07) is 6.79. The molecule has 1 aromatic carbocycles. The maximum Gasteiger partial charge on any atom is 0.265 e. The molecule has 0 saturated carbocycles. The van der Waals surface area contributed by atoms with Gasteiger partial charge in [0.25, 0.3) is 5.91 Å². The van der Waals surface area contributed by atoms with Crippen molar-refractivity contribution in [3.8, 4) is 0 Å². The molecule has 1 saturated heterocycles. The Kier molecular flexibility index (Phi) is 6.15. The summed E-state index contributed by atoms with van der Waals surface area (Å²) in [7, 11) is 3.42. The first kappa shape index (κ1) is 20.5. The van der Waals surface area contributed by atoms with Gasteiger partial charge in [-0.2, -0.15) is 0 Å². The fraction of sp³-hybridized carbons (Fsp3) is 0.476. The molecule has 1 aliphatic heterocycles. The van der Waals surface area contributed by atoms with E-state index in [1.54, 1.807) is 21.0 Å². The Morgan fingerprint density at radius 3 is 2.75 bits per heavy atom. The molecule has 0 aliphatic carbocycles. The van der Waals surface area contributed by atoms with Crippen molar-refractivity contribution >= 4 is 28.3 Å². The Balaban J connectivity index is 1.68. The molecule has 0 spiro atoms. The molecule has 0 radical (unpaired) electrons. The SMILES string of the molecule is Cc1ccc(C)c([C@H]2CCCN2CC(=O)Nc2nc(C)c(C(=O)N(C)C)s2)c1. The number of carbonyl (C=O) groups is 2. The fourth-order valence-corrected chi connectivity index (χ4v) is 4.69. The maximum absolute atomic E-state index is 12.6. The zero-order valence-electron chi connectivity index (χ0n) is 17.2. The number of hydrogen-bond acceptors (Lipinski definition) is 5. The number of likely N-dealkylation sites (tertiary alicyclic amines) is 1. The highest BCUT2D eigenvalue weighted by Gasteiger charge is 2.29. The minimum atomic E-state index is -0.0926. The normalized spacial score (nSPS) is 17.0. The Morgan fingerprint density at radius 2 is 2.04 bits per heavy atom. The van der Waals surface area contributed by atoms with Gasteiger partial charge in [-0.1, -0.05) is 35.1 Å². The van der Waals surface area contributed by atoms with Gasteiger partial charge in [-0.3, -0.25) is 14.5 Å². The molecule has 1 N–H and O–H groups in total. The van der Waals surface area contributed by atoms with Crippen LogP contribution in [0.15, 0.2) is 18.2 Å². The molecule has 2 heterocycles. The number of amides is 2. The second-order valence-electron chi connectivity index (χ2n) is 7.67. The lowest BCUT2D eigenvalue weighted by Crippen LogP contribution is -2.33. The lowest BCUT2D eigenvalue weighted by atomic mass is 9.97. The Labute approximate surface area is 170 Å². The van der Waals surface area contributed by atoms with Crippen LogP contribution in [0, 0.1) is 20.8 Å². The average Bonchev–Trinajstić information content (AvgIpc) is 3.22. The minimum Gasteiger partial charge on any atom is -0.344 e. The summed E-state index contributed by atoms with van der Waals surface area (Å²) in [5, 5.41) is 3.36. The summed E-state index contributed by atoms with van der Waals surface area (Å²) in [6.07, 6.45) is 2.15. The lowest BCUT2D eigenvalue weighted by molar-refractivity contribution is -0.117. The number of hydrogen-bond donors (Lipinski definition) is 1. The minimum absolute atomic E-state index is 0.0881. The maximum atomic E-state index is 12.6. The van der Waals surface area contributed by atoms with E-state index in [0.717, 1.165) is 19.4 Å². The number of nitrogens with zero attached hydrogens (tertiary/aromatic N) is 3. The van der Waals surface area contributed by atoms with Crippen molar-refractivity contribution in [3.63, 3.8) is 0 Å². The Bertz CT molecular complexity index is 891. The van der Waals surface area contributed by atoms with Crippen molar-refractivity contribution < 1.29 is 9.59 Å².